The van der Waals surface area contributed by atoms with Crippen LogP contribution >= 0.6 is 15.6 Å². The quantitative estimate of drug-likeness (QED) is 0.0222. The topological polar surface area (TPSA) is 237 Å². The summed E-state index contributed by atoms with van der Waals surface area (Å²) < 4.78 is 68.0. The van der Waals surface area contributed by atoms with Gasteiger partial charge in [0.15, 0.2) is 12.2 Å². The van der Waals surface area contributed by atoms with Crippen molar-refractivity contribution in [3.05, 3.63) is 0 Å². The Morgan fingerprint density at radius 1 is 0.301 bits per heavy atom. The zero-order valence-corrected chi connectivity index (χ0v) is 55.6. The molecule has 0 bridgehead atoms. The molecule has 0 heterocycles. The first-order valence-electron chi connectivity index (χ1n) is 33.2. The number of esters is 4. The van der Waals surface area contributed by atoms with Gasteiger partial charge in [-0.3, -0.25) is 37.3 Å². The van der Waals surface area contributed by atoms with E-state index >= 15 is 0 Å². The smallest absolute Gasteiger partial charge is 0.462 e. The van der Waals surface area contributed by atoms with E-state index in [9.17, 15) is 43.2 Å². The third-order valence-corrected chi connectivity index (χ3v) is 16.5. The molecule has 3 unspecified atom stereocenters. The predicted octanol–water partition coefficient (Wildman–Crippen LogP) is 17.4. The lowest BCUT2D eigenvalue weighted by molar-refractivity contribution is -0.161. The van der Waals surface area contributed by atoms with Gasteiger partial charge in [-0.1, -0.05) is 254 Å². The van der Waals surface area contributed by atoms with Gasteiger partial charge in [0.05, 0.1) is 26.4 Å². The number of carbonyl (C=O) groups excluding carboxylic acids is 4. The van der Waals surface area contributed by atoms with Gasteiger partial charge in [0, 0.05) is 25.7 Å². The molecule has 0 saturated carbocycles. The Balaban J connectivity index is 5.25. The molecule has 0 fully saturated rings. The molecule has 0 aromatic rings. The van der Waals surface area contributed by atoms with Crippen molar-refractivity contribution in [2.45, 2.75) is 324 Å². The number of phosphoric ester groups is 2. The second kappa shape index (κ2) is 54.2. The minimum Gasteiger partial charge on any atom is -0.462 e. The van der Waals surface area contributed by atoms with Crippen LogP contribution in [0.15, 0.2) is 0 Å². The Hall–Kier alpha value is -1.94. The number of unbranched alkanes of at least 4 members (excludes halogenated alkanes) is 27. The van der Waals surface area contributed by atoms with Crippen LogP contribution in [-0.2, 0) is 65.4 Å². The summed E-state index contributed by atoms with van der Waals surface area (Å²) in [6.07, 6.45) is 33.7. The van der Waals surface area contributed by atoms with Gasteiger partial charge in [0.25, 0.3) is 0 Å². The van der Waals surface area contributed by atoms with Crippen molar-refractivity contribution in [3.8, 4) is 0 Å². The Morgan fingerprint density at radius 2 is 0.506 bits per heavy atom. The fourth-order valence-corrected chi connectivity index (χ4v) is 11.0. The Morgan fingerprint density at radius 3 is 0.747 bits per heavy atom. The predicted molar refractivity (Wildman–Crippen MR) is 331 cm³/mol. The van der Waals surface area contributed by atoms with Gasteiger partial charge in [-0.25, -0.2) is 9.13 Å². The van der Waals surface area contributed by atoms with E-state index in [-0.39, 0.29) is 25.7 Å². The highest BCUT2D eigenvalue weighted by Crippen LogP contribution is 2.45. The fraction of sp³-hybridized carbons (Fsp3) is 0.938. The van der Waals surface area contributed by atoms with Crippen molar-refractivity contribution in [1.29, 1.82) is 0 Å². The first-order valence-corrected chi connectivity index (χ1v) is 36.2. The Kier molecular flexibility index (Phi) is 53.0. The molecule has 0 aliphatic carbocycles. The second-order valence-electron chi connectivity index (χ2n) is 25.1. The van der Waals surface area contributed by atoms with Crippen molar-refractivity contribution in [2.75, 3.05) is 39.6 Å². The van der Waals surface area contributed by atoms with E-state index in [2.05, 4.69) is 55.4 Å². The van der Waals surface area contributed by atoms with Crippen LogP contribution in [0.4, 0.5) is 0 Å². The van der Waals surface area contributed by atoms with Crippen LogP contribution in [-0.4, -0.2) is 96.7 Å². The molecular formula is C64H124O17P2. The highest BCUT2D eigenvalue weighted by molar-refractivity contribution is 7.47. The number of ether oxygens (including phenoxy) is 4. The third kappa shape index (κ3) is 58.8. The maximum Gasteiger partial charge on any atom is 0.472 e. The zero-order valence-electron chi connectivity index (χ0n) is 53.8. The molecule has 3 N–H and O–H groups in total. The lowest BCUT2D eigenvalue weighted by Gasteiger charge is -2.21. The normalized spacial score (nSPS) is 14.4. The van der Waals surface area contributed by atoms with Crippen LogP contribution in [0.5, 0.6) is 0 Å². The number of hydrogen-bond acceptors (Lipinski definition) is 15. The Bertz CT molecular complexity index is 1660. The van der Waals surface area contributed by atoms with Gasteiger partial charge in [-0.05, 0) is 49.4 Å². The first kappa shape index (κ1) is 81.1. The summed E-state index contributed by atoms with van der Waals surface area (Å²) in [5, 5.41) is 10.5. The number of phosphoric acid groups is 2. The molecule has 0 rings (SSSR count). The lowest BCUT2D eigenvalue weighted by Crippen LogP contribution is -2.30. The molecule has 492 valence electrons. The minimum absolute atomic E-state index is 0.103. The summed E-state index contributed by atoms with van der Waals surface area (Å²) in [5.41, 5.74) is 0. The average molecular weight is 1230 g/mol. The lowest BCUT2D eigenvalue weighted by atomic mass is 10.0. The number of hydrogen-bond donors (Lipinski definition) is 3. The van der Waals surface area contributed by atoms with Crippen LogP contribution in [0, 0.1) is 23.7 Å². The molecule has 19 heteroatoms. The summed E-state index contributed by atoms with van der Waals surface area (Å²) in [7, 11) is -9.89. The molecular weight excluding hydrogens is 1100 g/mol. The van der Waals surface area contributed by atoms with Gasteiger partial charge < -0.3 is 33.8 Å². The molecule has 0 aromatic heterocycles. The van der Waals surface area contributed by atoms with E-state index in [1.165, 1.54) is 96.3 Å². The number of rotatable bonds is 61. The van der Waals surface area contributed by atoms with Crippen LogP contribution in [0.25, 0.3) is 0 Å². The molecule has 0 amide bonds. The van der Waals surface area contributed by atoms with Gasteiger partial charge in [-0.2, -0.15) is 0 Å². The summed E-state index contributed by atoms with van der Waals surface area (Å²) in [6, 6.07) is 0. The molecule has 0 saturated heterocycles. The molecule has 0 aliphatic heterocycles. The largest absolute Gasteiger partial charge is 0.472 e. The number of carbonyl (C=O) groups is 4. The Labute approximate surface area is 505 Å². The average Bonchev–Trinajstić information content (AvgIpc) is 3.46. The van der Waals surface area contributed by atoms with Crippen molar-refractivity contribution in [3.63, 3.8) is 0 Å². The van der Waals surface area contributed by atoms with Gasteiger partial charge in [-0.15, -0.1) is 0 Å². The summed E-state index contributed by atoms with van der Waals surface area (Å²) >= 11 is 0. The van der Waals surface area contributed by atoms with E-state index in [1.54, 1.807) is 0 Å². The van der Waals surface area contributed by atoms with Crippen LogP contribution in [0.3, 0.4) is 0 Å². The van der Waals surface area contributed by atoms with Gasteiger partial charge in [0.2, 0.25) is 0 Å². The van der Waals surface area contributed by atoms with Crippen LogP contribution in [0.1, 0.15) is 306 Å². The standard InChI is InChI=1S/C64H124O17P2/c1-54(2)40-32-24-16-11-9-10-12-19-30-38-46-63(68)80-60(51-75-62(67)45-37-29-23-22-27-35-43-57(7)8)53-79-83(72,73)77-49-58(65)48-76-82(70,71)78-52-59(50-74-61(66)44-36-28-21-15-18-26-34-42-56(5)6)81-64(69)47-39-31-20-14-13-17-25-33-41-55(3)4/h54-60,65H,9-53H2,1-8H3,(H,70,71)(H,72,73)/t58?,59-,60-/m1/s1. The molecule has 0 aliphatic rings. The number of aliphatic hydroxyl groups excluding tert-OH is 1. The highest BCUT2D eigenvalue weighted by atomic mass is 31.2. The van der Waals surface area contributed by atoms with Gasteiger partial charge in [0.1, 0.15) is 19.3 Å². The number of aliphatic hydroxyl groups is 1. The maximum absolute atomic E-state index is 13.0. The van der Waals surface area contributed by atoms with Crippen LogP contribution in [0.2, 0.25) is 0 Å². The zero-order chi connectivity index (χ0) is 61.8. The van der Waals surface area contributed by atoms with Crippen molar-refractivity contribution in [1.82, 2.24) is 0 Å². The van der Waals surface area contributed by atoms with Crippen molar-refractivity contribution in [2.24, 2.45) is 23.7 Å². The van der Waals surface area contributed by atoms with E-state index in [0.717, 1.165) is 115 Å². The third-order valence-electron chi connectivity index (χ3n) is 14.6. The summed E-state index contributed by atoms with van der Waals surface area (Å²) in [6.45, 7) is 13.9. The molecule has 83 heavy (non-hydrogen) atoms. The molecule has 0 spiro atoms. The maximum atomic E-state index is 13.0. The van der Waals surface area contributed by atoms with E-state index in [4.69, 9.17) is 37.0 Å². The highest BCUT2D eigenvalue weighted by Gasteiger charge is 2.30. The molecule has 17 nitrogen and oxygen atoms in total. The van der Waals surface area contributed by atoms with E-state index in [0.29, 0.717) is 37.5 Å². The van der Waals surface area contributed by atoms with Gasteiger partial charge >= 0.3 is 39.5 Å². The monoisotopic (exact) mass is 1230 g/mol. The van der Waals surface area contributed by atoms with Crippen molar-refractivity contribution < 1.29 is 80.2 Å². The fourth-order valence-electron chi connectivity index (χ4n) is 9.43. The van der Waals surface area contributed by atoms with E-state index in [1.807, 2.05) is 0 Å². The molecule has 5 atom stereocenters. The second-order valence-corrected chi connectivity index (χ2v) is 28.0. The van der Waals surface area contributed by atoms with Crippen LogP contribution < -0.4 is 0 Å². The summed E-state index contributed by atoms with van der Waals surface area (Å²) in [4.78, 5) is 72.2. The summed E-state index contributed by atoms with van der Waals surface area (Å²) in [5.74, 6) is 0.713. The first-order chi connectivity index (χ1) is 39.6. The molecule has 0 aromatic carbocycles. The van der Waals surface area contributed by atoms with E-state index < -0.39 is 97.5 Å². The molecule has 0 radical (unpaired) electrons. The minimum atomic E-state index is -4.94. The van der Waals surface area contributed by atoms with Crippen molar-refractivity contribution >= 4 is 39.5 Å². The SMILES string of the molecule is CC(C)CCCCCCCCCCCCC(=O)O[C@H](COC(=O)CCCCCCCCC(C)C)COP(=O)(O)OCC(O)COP(=O)(O)OC[C@@H](COC(=O)CCCCCCCCCC(C)C)OC(=O)CCCCCCCCCCC(C)C.